The first-order valence-corrected chi connectivity index (χ1v) is 7.54. The average Bonchev–Trinajstić information content (AvgIpc) is 2.97. The summed E-state index contributed by atoms with van der Waals surface area (Å²) in [5, 5.41) is 20.7. The lowest BCUT2D eigenvalue weighted by Gasteiger charge is -2.13. The van der Waals surface area contributed by atoms with Gasteiger partial charge in [-0.15, -0.1) is 0 Å². The van der Waals surface area contributed by atoms with Gasteiger partial charge in [0.2, 0.25) is 0 Å². The zero-order chi connectivity index (χ0) is 18.6. The number of nitrogens with one attached hydrogen (secondary N) is 2. The fourth-order valence-corrected chi connectivity index (χ4v) is 2.37. The summed E-state index contributed by atoms with van der Waals surface area (Å²) >= 11 is 5.20. The van der Waals surface area contributed by atoms with Crippen molar-refractivity contribution in [3.63, 3.8) is 0 Å². The van der Waals surface area contributed by atoms with Gasteiger partial charge in [0.15, 0.2) is 5.11 Å². The van der Waals surface area contributed by atoms with E-state index in [0.29, 0.717) is 17.9 Å². The highest BCUT2D eigenvalue weighted by atomic mass is 32.1. The van der Waals surface area contributed by atoms with E-state index < -0.39 is 10.8 Å². The zero-order valence-corrected chi connectivity index (χ0v) is 14.3. The van der Waals surface area contributed by atoms with Crippen LogP contribution in [0, 0.1) is 10.1 Å². The van der Waals surface area contributed by atoms with Crippen molar-refractivity contribution in [2.75, 3.05) is 17.7 Å². The lowest BCUT2D eigenvalue weighted by molar-refractivity contribution is -0.384. The van der Waals surface area contributed by atoms with Gasteiger partial charge in [-0.1, -0.05) is 0 Å². The van der Waals surface area contributed by atoms with Gasteiger partial charge in [0.25, 0.3) is 11.6 Å². The van der Waals surface area contributed by atoms with Crippen LogP contribution in [0.3, 0.4) is 0 Å². The summed E-state index contributed by atoms with van der Waals surface area (Å²) in [6.07, 6.45) is 1.44. The van der Waals surface area contributed by atoms with Crippen LogP contribution in [0.5, 0.6) is 5.75 Å². The number of carbonyl (C=O) groups excluding carboxylic acids is 1. The van der Waals surface area contributed by atoms with Crippen molar-refractivity contribution in [2.45, 2.75) is 13.5 Å². The Hall–Kier alpha value is -3.21. The zero-order valence-electron chi connectivity index (χ0n) is 13.5. The Kier molecular flexibility index (Phi) is 5.49. The van der Waals surface area contributed by atoms with Gasteiger partial charge in [-0.2, -0.15) is 5.10 Å². The number of nitrogens with zero attached hydrogens (tertiary/aromatic N) is 3. The molecule has 2 rings (SSSR count). The SMILES string of the molecule is CCn1ncc(NC(=S)Nc2ccc([N+](=O)[O-])cc2OC)c1C(N)=O. The summed E-state index contributed by atoms with van der Waals surface area (Å²) in [4.78, 5) is 21.9. The molecule has 0 saturated heterocycles. The van der Waals surface area contributed by atoms with Crippen LogP contribution in [0.4, 0.5) is 17.1 Å². The predicted octanol–water partition coefficient (Wildman–Crippen LogP) is 1.73. The third-order valence-electron chi connectivity index (χ3n) is 3.26. The average molecular weight is 364 g/mol. The minimum Gasteiger partial charge on any atom is -0.494 e. The molecule has 0 spiro atoms. The molecule has 10 nitrogen and oxygen atoms in total. The normalized spacial score (nSPS) is 10.2. The number of nitro groups is 1. The van der Waals surface area contributed by atoms with Crippen LogP contribution < -0.4 is 21.1 Å². The van der Waals surface area contributed by atoms with Crippen molar-refractivity contribution in [2.24, 2.45) is 5.73 Å². The molecule has 1 aromatic carbocycles. The van der Waals surface area contributed by atoms with Crippen LogP contribution in [0.2, 0.25) is 0 Å². The maximum atomic E-state index is 11.6. The van der Waals surface area contributed by atoms with Gasteiger partial charge < -0.3 is 21.1 Å². The molecule has 11 heteroatoms. The van der Waals surface area contributed by atoms with Crippen LogP contribution >= 0.6 is 12.2 Å². The second kappa shape index (κ2) is 7.57. The highest BCUT2D eigenvalue weighted by Gasteiger charge is 2.17. The number of nitrogens with two attached hydrogens (primary N) is 1. The minimum atomic E-state index is -0.641. The molecule has 0 fully saturated rings. The Balaban J connectivity index is 2.20. The lowest BCUT2D eigenvalue weighted by atomic mass is 10.2. The topological polar surface area (TPSA) is 137 Å². The van der Waals surface area contributed by atoms with E-state index >= 15 is 0 Å². The number of methoxy groups -OCH3 is 1. The Bertz CT molecular complexity index is 835. The molecule has 0 aliphatic carbocycles. The number of amides is 1. The molecule has 0 atom stereocenters. The Morgan fingerprint density at radius 1 is 1.44 bits per heavy atom. The fourth-order valence-electron chi connectivity index (χ4n) is 2.15. The summed E-state index contributed by atoms with van der Waals surface area (Å²) in [5.41, 5.74) is 6.23. The molecule has 25 heavy (non-hydrogen) atoms. The number of aryl methyl sites for hydroxylation is 1. The quantitative estimate of drug-likeness (QED) is 0.400. The molecule has 1 heterocycles. The summed E-state index contributed by atoms with van der Waals surface area (Å²) in [6, 6.07) is 4.06. The summed E-state index contributed by atoms with van der Waals surface area (Å²) in [7, 11) is 1.39. The number of non-ortho nitro benzene ring substituents is 1. The molecule has 2 aromatic rings. The van der Waals surface area contributed by atoms with E-state index in [-0.39, 0.29) is 22.2 Å². The van der Waals surface area contributed by atoms with E-state index in [1.807, 2.05) is 6.92 Å². The number of primary amides is 1. The van der Waals surface area contributed by atoms with E-state index in [4.69, 9.17) is 22.7 Å². The minimum absolute atomic E-state index is 0.110. The summed E-state index contributed by atoms with van der Waals surface area (Å²) < 4.78 is 6.57. The van der Waals surface area contributed by atoms with Crippen LogP contribution in [-0.4, -0.2) is 32.8 Å². The molecular formula is C14H16N6O4S. The Morgan fingerprint density at radius 2 is 2.12 bits per heavy atom. The number of nitro benzene ring substituents is 1. The Labute approximate surface area is 148 Å². The maximum Gasteiger partial charge on any atom is 0.273 e. The molecule has 0 radical (unpaired) electrons. The van der Waals surface area contributed by atoms with Gasteiger partial charge in [0.1, 0.15) is 11.4 Å². The van der Waals surface area contributed by atoms with E-state index in [1.165, 1.54) is 36.2 Å². The molecular weight excluding hydrogens is 348 g/mol. The number of aromatic nitrogens is 2. The van der Waals surface area contributed by atoms with Crippen molar-refractivity contribution < 1.29 is 14.5 Å². The number of thiocarbonyl (C=S) groups is 1. The van der Waals surface area contributed by atoms with E-state index in [1.54, 1.807) is 0 Å². The van der Waals surface area contributed by atoms with Crippen LogP contribution in [0.1, 0.15) is 17.4 Å². The number of hydrogen-bond acceptors (Lipinski definition) is 6. The maximum absolute atomic E-state index is 11.6. The number of benzene rings is 1. The van der Waals surface area contributed by atoms with Gasteiger partial charge in [-0.3, -0.25) is 19.6 Å². The van der Waals surface area contributed by atoms with Gasteiger partial charge in [-0.25, -0.2) is 0 Å². The molecule has 4 N–H and O–H groups in total. The van der Waals surface area contributed by atoms with Crippen LogP contribution in [0.25, 0.3) is 0 Å². The first-order chi connectivity index (χ1) is 11.9. The second-order valence-electron chi connectivity index (χ2n) is 4.81. The molecule has 0 aliphatic rings. The van der Waals surface area contributed by atoms with Crippen molar-refractivity contribution >= 4 is 40.3 Å². The smallest absolute Gasteiger partial charge is 0.273 e. The molecule has 1 amide bonds. The van der Waals surface area contributed by atoms with Gasteiger partial charge in [0.05, 0.1) is 35.7 Å². The van der Waals surface area contributed by atoms with E-state index in [9.17, 15) is 14.9 Å². The van der Waals surface area contributed by atoms with Gasteiger partial charge in [-0.05, 0) is 25.2 Å². The molecule has 0 unspecified atom stereocenters. The number of anilines is 2. The third kappa shape index (κ3) is 4.01. The van der Waals surface area contributed by atoms with Gasteiger partial charge >= 0.3 is 0 Å². The van der Waals surface area contributed by atoms with Crippen LogP contribution in [-0.2, 0) is 6.54 Å². The van der Waals surface area contributed by atoms with Crippen LogP contribution in [0.15, 0.2) is 24.4 Å². The number of ether oxygens (including phenoxy) is 1. The van der Waals surface area contributed by atoms with E-state index in [0.717, 1.165) is 0 Å². The monoisotopic (exact) mass is 364 g/mol. The van der Waals surface area contributed by atoms with Gasteiger partial charge in [0, 0.05) is 12.6 Å². The van der Waals surface area contributed by atoms with Crippen molar-refractivity contribution in [3.05, 3.63) is 40.2 Å². The standard InChI is InChI=1S/C14H16N6O4S/c1-3-19-12(13(15)21)10(7-16-19)18-14(25)17-9-5-4-8(20(22)23)6-11(9)24-2/h4-7H,3H2,1-2H3,(H2,15,21)(H2,17,18,25). The summed E-state index contributed by atoms with van der Waals surface area (Å²) in [5.74, 6) is -0.393. The first-order valence-electron chi connectivity index (χ1n) is 7.13. The Morgan fingerprint density at radius 3 is 2.68 bits per heavy atom. The molecule has 132 valence electrons. The van der Waals surface area contributed by atoms with Crippen molar-refractivity contribution in [1.29, 1.82) is 0 Å². The second-order valence-corrected chi connectivity index (χ2v) is 5.22. The third-order valence-corrected chi connectivity index (χ3v) is 3.47. The molecule has 0 saturated carbocycles. The number of rotatable bonds is 6. The fraction of sp³-hybridized carbons (Fsp3) is 0.214. The van der Waals surface area contributed by atoms with Crippen molar-refractivity contribution in [3.8, 4) is 5.75 Å². The molecule has 1 aromatic heterocycles. The van der Waals surface area contributed by atoms with Crippen molar-refractivity contribution in [1.82, 2.24) is 9.78 Å². The number of hydrogen-bond donors (Lipinski definition) is 3. The molecule has 0 bridgehead atoms. The first kappa shape index (κ1) is 18.1. The predicted molar refractivity (Wildman–Crippen MR) is 95.9 cm³/mol. The lowest BCUT2D eigenvalue weighted by Crippen LogP contribution is -2.23. The largest absolute Gasteiger partial charge is 0.494 e. The highest BCUT2D eigenvalue weighted by Crippen LogP contribution is 2.29. The van der Waals surface area contributed by atoms with E-state index in [2.05, 4.69) is 15.7 Å². The molecule has 0 aliphatic heterocycles. The summed E-state index contributed by atoms with van der Waals surface area (Å²) in [6.45, 7) is 2.29. The number of carbonyl (C=O) groups is 1. The highest BCUT2D eigenvalue weighted by molar-refractivity contribution is 7.80.